The molecule has 0 atom stereocenters. The topological polar surface area (TPSA) is 79.0 Å². The number of aryl methyl sites for hydroxylation is 1. The van der Waals surface area contributed by atoms with Crippen molar-refractivity contribution in [3.8, 4) is 0 Å². The largest absolute Gasteiger partial charge is 0.416 e. The Morgan fingerprint density at radius 1 is 1.16 bits per heavy atom. The van der Waals surface area contributed by atoms with E-state index in [1.165, 1.54) is 6.07 Å². The van der Waals surface area contributed by atoms with Gasteiger partial charge in [-0.25, -0.2) is 8.42 Å². The molecule has 3 rings (SSSR count). The number of carbonyl (C=O) groups excluding carboxylic acids is 1. The fourth-order valence-corrected chi connectivity index (χ4v) is 4.35. The second kappa shape index (κ2) is 9.37. The number of anilines is 3. The summed E-state index contributed by atoms with van der Waals surface area (Å²) in [6.07, 6.45) is -3.63. The van der Waals surface area contributed by atoms with Crippen molar-refractivity contribution >= 4 is 33.0 Å². The number of amides is 1. The average molecular weight is 472 g/mol. The van der Waals surface area contributed by atoms with Gasteiger partial charge in [0.1, 0.15) is 6.54 Å². The standard InChI is InChI=1S/C21H24F3N3O4S/c1-15-5-3-4-6-18(15)27(32(2,29)30)14-20(28)25-17-13-16(21(22,23)24)7-8-19(17)26-9-11-31-12-10-26/h3-8,13H,9-12,14H2,1-2H3,(H,25,28). The van der Waals surface area contributed by atoms with E-state index in [0.717, 1.165) is 22.7 Å². The highest BCUT2D eigenvalue weighted by molar-refractivity contribution is 7.92. The van der Waals surface area contributed by atoms with Crippen molar-refractivity contribution in [3.63, 3.8) is 0 Å². The molecule has 0 radical (unpaired) electrons. The lowest BCUT2D eigenvalue weighted by molar-refractivity contribution is -0.137. The Morgan fingerprint density at radius 2 is 1.81 bits per heavy atom. The minimum absolute atomic E-state index is 0.0371. The van der Waals surface area contributed by atoms with Crippen LogP contribution in [0, 0.1) is 6.92 Å². The zero-order valence-corrected chi connectivity index (χ0v) is 18.5. The molecule has 1 fully saturated rings. The van der Waals surface area contributed by atoms with Gasteiger partial charge in [0.2, 0.25) is 15.9 Å². The number of ether oxygens (including phenoxy) is 1. The SMILES string of the molecule is Cc1ccccc1N(CC(=O)Nc1cc(C(F)(F)F)ccc1N1CCOCC1)S(C)(=O)=O. The van der Waals surface area contributed by atoms with Crippen molar-refractivity contribution in [3.05, 3.63) is 53.6 Å². The van der Waals surface area contributed by atoms with Crippen molar-refractivity contribution in [1.82, 2.24) is 0 Å². The smallest absolute Gasteiger partial charge is 0.378 e. The summed E-state index contributed by atoms with van der Waals surface area (Å²) in [6, 6.07) is 9.76. The molecule has 0 spiro atoms. The minimum Gasteiger partial charge on any atom is -0.378 e. The zero-order valence-electron chi connectivity index (χ0n) is 17.6. The summed E-state index contributed by atoms with van der Waals surface area (Å²) in [5.74, 6) is -0.757. The molecule has 174 valence electrons. The molecule has 0 bridgehead atoms. The van der Waals surface area contributed by atoms with Crippen LogP contribution < -0.4 is 14.5 Å². The van der Waals surface area contributed by atoms with E-state index >= 15 is 0 Å². The number of nitrogens with zero attached hydrogens (tertiary/aromatic N) is 2. The third kappa shape index (κ3) is 5.71. The van der Waals surface area contributed by atoms with Crippen molar-refractivity contribution in [2.75, 3.05) is 53.6 Å². The zero-order chi connectivity index (χ0) is 23.5. The van der Waals surface area contributed by atoms with Crippen molar-refractivity contribution in [2.45, 2.75) is 13.1 Å². The van der Waals surface area contributed by atoms with Gasteiger partial charge in [-0.1, -0.05) is 18.2 Å². The molecule has 0 saturated carbocycles. The number of benzene rings is 2. The molecule has 1 amide bonds. The van der Waals surface area contributed by atoms with Gasteiger partial charge in [0.15, 0.2) is 0 Å². The first-order valence-electron chi connectivity index (χ1n) is 9.84. The molecular weight excluding hydrogens is 447 g/mol. The molecule has 0 aromatic heterocycles. The van der Waals surface area contributed by atoms with Crippen LogP contribution in [0.1, 0.15) is 11.1 Å². The highest BCUT2D eigenvalue weighted by atomic mass is 32.2. The fourth-order valence-electron chi connectivity index (χ4n) is 3.44. The molecule has 2 aromatic carbocycles. The Hall–Kier alpha value is -2.79. The Bertz CT molecular complexity index is 1080. The van der Waals surface area contributed by atoms with Crippen molar-refractivity contribution < 1.29 is 31.1 Å². The first kappa shape index (κ1) is 23.9. The summed E-state index contributed by atoms with van der Waals surface area (Å²) in [5.41, 5.74) is 0.423. The van der Waals surface area contributed by atoms with Crippen LogP contribution in [-0.4, -0.2) is 53.4 Å². The van der Waals surface area contributed by atoms with Crippen LogP contribution in [0.25, 0.3) is 0 Å². The molecule has 0 aliphatic carbocycles. The number of sulfonamides is 1. The van der Waals surface area contributed by atoms with Crippen LogP contribution >= 0.6 is 0 Å². The molecule has 1 saturated heterocycles. The third-order valence-corrected chi connectivity index (χ3v) is 6.15. The Kier molecular flexibility index (Phi) is 6.99. The van der Waals surface area contributed by atoms with Crippen LogP contribution in [0.2, 0.25) is 0 Å². The van der Waals surface area contributed by atoms with E-state index in [-0.39, 0.29) is 5.69 Å². The molecule has 11 heteroatoms. The first-order chi connectivity index (χ1) is 15.0. The number of halogens is 3. The predicted molar refractivity (Wildman–Crippen MR) is 116 cm³/mol. The van der Waals surface area contributed by atoms with Crippen molar-refractivity contribution in [2.24, 2.45) is 0 Å². The van der Waals surface area contributed by atoms with Gasteiger partial charge in [0.05, 0.1) is 42.1 Å². The molecule has 0 unspecified atom stereocenters. The van der Waals surface area contributed by atoms with Gasteiger partial charge in [-0.15, -0.1) is 0 Å². The number of alkyl halides is 3. The van der Waals surface area contributed by atoms with E-state index in [4.69, 9.17) is 4.74 Å². The fraction of sp³-hybridized carbons (Fsp3) is 0.381. The van der Waals surface area contributed by atoms with Crippen LogP contribution in [-0.2, 0) is 25.7 Å². The van der Waals surface area contributed by atoms with Gasteiger partial charge in [0.25, 0.3) is 0 Å². The van der Waals surface area contributed by atoms with Gasteiger partial charge in [-0.05, 0) is 36.8 Å². The lowest BCUT2D eigenvalue weighted by Gasteiger charge is -2.31. The molecule has 1 heterocycles. The predicted octanol–water partition coefficient (Wildman–Crippen LogP) is 3.26. The maximum absolute atomic E-state index is 13.3. The maximum Gasteiger partial charge on any atom is 0.416 e. The average Bonchev–Trinajstić information content (AvgIpc) is 2.72. The van der Waals surface area contributed by atoms with E-state index in [0.29, 0.717) is 43.2 Å². The maximum atomic E-state index is 13.3. The lowest BCUT2D eigenvalue weighted by atomic mass is 10.1. The van der Waals surface area contributed by atoms with Crippen LogP contribution in [0.5, 0.6) is 0 Å². The normalized spacial score (nSPS) is 14.8. The van der Waals surface area contributed by atoms with Gasteiger partial charge in [-0.2, -0.15) is 13.2 Å². The van der Waals surface area contributed by atoms with Gasteiger partial charge in [-0.3, -0.25) is 9.10 Å². The molecule has 1 N–H and O–H groups in total. The van der Waals surface area contributed by atoms with E-state index in [9.17, 15) is 26.4 Å². The summed E-state index contributed by atoms with van der Waals surface area (Å²) in [7, 11) is -3.82. The number of hydrogen-bond acceptors (Lipinski definition) is 5. The number of para-hydroxylation sites is 1. The highest BCUT2D eigenvalue weighted by Crippen LogP contribution is 2.36. The molecule has 1 aliphatic rings. The summed E-state index contributed by atoms with van der Waals surface area (Å²) < 4.78 is 70.7. The van der Waals surface area contributed by atoms with E-state index < -0.39 is 34.2 Å². The van der Waals surface area contributed by atoms with Crippen molar-refractivity contribution in [1.29, 1.82) is 0 Å². The number of rotatable bonds is 6. The van der Waals surface area contributed by atoms with E-state index in [1.807, 2.05) is 4.90 Å². The monoisotopic (exact) mass is 471 g/mol. The van der Waals surface area contributed by atoms with Gasteiger partial charge >= 0.3 is 6.18 Å². The van der Waals surface area contributed by atoms with Crippen LogP contribution in [0.4, 0.5) is 30.2 Å². The summed E-state index contributed by atoms with van der Waals surface area (Å²) in [6.45, 7) is 2.84. The third-order valence-electron chi connectivity index (χ3n) is 5.02. The van der Waals surface area contributed by atoms with Crippen LogP contribution in [0.15, 0.2) is 42.5 Å². The van der Waals surface area contributed by atoms with Gasteiger partial charge in [0, 0.05) is 13.1 Å². The number of carbonyl (C=O) groups is 1. The Balaban J connectivity index is 1.91. The van der Waals surface area contributed by atoms with E-state index in [1.54, 1.807) is 31.2 Å². The number of morpholine rings is 1. The second-order valence-corrected chi connectivity index (χ2v) is 9.34. The second-order valence-electron chi connectivity index (χ2n) is 7.43. The minimum atomic E-state index is -4.59. The number of hydrogen-bond donors (Lipinski definition) is 1. The number of nitrogens with one attached hydrogen (secondary N) is 1. The molecule has 32 heavy (non-hydrogen) atoms. The molecule has 1 aliphatic heterocycles. The molecule has 2 aromatic rings. The summed E-state index contributed by atoms with van der Waals surface area (Å²) in [4.78, 5) is 14.6. The quantitative estimate of drug-likeness (QED) is 0.700. The van der Waals surface area contributed by atoms with E-state index in [2.05, 4.69) is 5.32 Å². The summed E-state index contributed by atoms with van der Waals surface area (Å²) in [5, 5.41) is 2.48. The Labute approximate surface area is 184 Å². The first-order valence-corrected chi connectivity index (χ1v) is 11.7. The highest BCUT2D eigenvalue weighted by Gasteiger charge is 2.32. The Morgan fingerprint density at radius 3 is 2.41 bits per heavy atom. The summed E-state index contributed by atoms with van der Waals surface area (Å²) >= 11 is 0. The lowest BCUT2D eigenvalue weighted by Crippen LogP contribution is -2.39. The van der Waals surface area contributed by atoms with Crippen LogP contribution in [0.3, 0.4) is 0 Å². The molecular formula is C21H24F3N3O4S. The van der Waals surface area contributed by atoms with Gasteiger partial charge < -0.3 is 15.0 Å². The molecule has 7 nitrogen and oxygen atoms in total.